The third-order valence-corrected chi connectivity index (χ3v) is 4.01. The second-order valence-corrected chi connectivity index (χ2v) is 5.41. The molecule has 0 aliphatic carbocycles. The first-order valence-electron chi connectivity index (χ1n) is 6.70. The molecular formula is C15H19NO3. The number of para-hydroxylation sites is 1. The van der Waals surface area contributed by atoms with E-state index in [-0.39, 0.29) is 18.0 Å². The van der Waals surface area contributed by atoms with Crippen molar-refractivity contribution in [1.29, 1.82) is 0 Å². The predicted octanol–water partition coefficient (Wildman–Crippen LogP) is 1.80. The number of hydrogen-bond donors (Lipinski definition) is 2. The monoisotopic (exact) mass is 261 g/mol. The van der Waals surface area contributed by atoms with Crippen LogP contribution in [0, 0.1) is 0 Å². The van der Waals surface area contributed by atoms with Crippen molar-refractivity contribution in [2.45, 2.75) is 24.9 Å². The van der Waals surface area contributed by atoms with Crippen LogP contribution in [0.15, 0.2) is 30.2 Å². The maximum absolute atomic E-state index is 10.3. The number of likely N-dealkylation sites (tertiary alicyclic amines) is 1. The van der Waals surface area contributed by atoms with Gasteiger partial charge in [0, 0.05) is 30.5 Å². The van der Waals surface area contributed by atoms with Crippen LogP contribution in [0.2, 0.25) is 0 Å². The molecular weight excluding hydrogens is 242 g/mol. The van der Waals surface area contributed by atoms with Crippen molar-refractivity contribution in [3.8, 4) is 5.75 Å². The lowest BCUT2D eigenvalue weighted by Crippen LogP contribution is -2.40. The summed E-state index contributed by atoms with van der Waals surface area (Å²) >= 11 is 0. The van der Waals surface area contributed by atoms with E-state index < -0.39 is 0 Å². The first-order chi connectivity index (χ1) is 9.15. The standard InChI is InChI=1S/C15H19NO3/c1-16-8-7-11(13(17)9-16)12-4-2-3-10-5-6-14(18)19-15(10)12/h2-4,6,11,13,17-18H,5,7-9H2,1H3. The number of hydrogen-bond acceptors (Lipinski definition) is 4. The van der Waals surface area contributed by atoms with Gasteiger partial charge in [0.2, 0.25) is 0 Å². The van der Waals surface area contributed by atoms with Crippen LogP contribution in [0.25, 0.3) is 0 Å². The molecule has 1 aromatic rings. The SMILES string of the molecule is CN1CCC(c2cccc3c2OC(O)=CC3)C(O)C1. The Morgan fingerprint density at radius 2 is 2.21 bits per heavy atom. The molecule has 1 saturated heterocycles. The van der Waals surface area contributed by atoms with Gasteiger partial charge in [-0.25, -0.2) is 0 Å². The van der Waals surface area contributed by atoms with E-state index >= 15 is 0 Å². The second kappa shape index (κ2) is 4.87. The van der Waals surface area contributed by atoms with E-state index in [0.717, 1.165) is 29.8 Å². The molecule has 0 bridgehead atoms. The molecule has 0 saturated carbocycles. The smallest absolute Gasteiger partial charge is 0.278 e. The Bertz CT molecular complexity index is 512. The molecule has 19 heavy (non-hydrogen) atoms. The molecule has 2 atom stereocenters. The van der Waals surface area contributed by atoms with Gasteiger partial charge >= 0.3 is 0 Å². The molecule has 1 fully saturated rings. The van der Waals surface area contributed by atoms with Gasteiger partial charge < -0.3 is 19.8 Å². The normalized spacial score (nSPS) is 27.4. The third-order valence-electron chi connectivity index (χ3n) is 4.01. The number of aliphatic hydroxyl groups is 2. The third kappa shape index (κ3) is 2.33. The lowest BCUT2D eigenvalue weighted by Gasteiger charge is -2.35. The Morgan fingerprint density at radius 1 is 1.37 bits per heavy atom. The number of piperidine rings is 1. The minimum absolute atomic E-state index is 0.0395. The number of likely N-dealkylation sites (N-methyl/N-ethyl adjacent to an activating group) is 1. The fourth-order valence-electron chi connectivity index (χ4n) is 2.98. The van der Waals surface area contributed by atoms with Gasteiger partial charge in [-0.15, -0.1) is 0 Å². The van der Waals surface area contributed by atoms with E-state index in [9.17, 15) is 10.2 Å². The molecule has 3 rings (SSSR count). The van der Waals surface area contributed by atoms with Crippen LogP contribution in [0.5, 0.6) is 5.75 Å². The van der Waals surface area contributed by atoms with Crippen LogP contribution in [0.4, 0.5) is 0 Å². The molecule has 4 heteroatoms. The van der Waals surface area contributed by atoms with Gasteiger partial charge in [0.25, 0.3) is 5.95 Å². The largest absolute Gasteiger partial charge is 0.481 e. The van der Waals surface area contributed by atoms with Crippen molar-refractivity contribution < 1.29 is 14.9 Å². The maximum atomic E-state index is 10.3. The summed E-state index contributed by atoms with van der Waals surface area (Å²) in [7, 11) is 2.02. The topological polar surface area (TPSA) is 52.9 Å². The van der Waals surface area contributed by atoms with Crippen molar-refractivity contribution in [3.05, 3.63) is 41.3 Å². The summed E-state index contributed by atoms with van der Waals surface area (Å²) in [6, 6.07) is 6.00. The highest BCUT2D eigenvalue weighted by molar-refractivity contribution is 5.47. The fourth-order valence-corrected chi connectivity index (χ4v) is 2.98. The molecule has 2 aliphatic heterocycles. The lowest BCUT2D eigenvalue weighted by molar-refractivity contribution is 0.0622. The molecule has 1 aromatic carbocycles. The number of benzene rings is 1. The zero-order valence-corrected chi connectivity index (χ0v) is 11.0. The van der Waals surface area contributed by atoms with Crippen LogP contribution in [-0.4, -0.2) is 41.4 Å². The summed E-state index contributed by atoms with van der Waals surface area (Å²) in [5, 5.41) is 19.8. The second-order valence-electron chi connectivity index (χ2n) is 5.41. The van der Waals surface area contributed by atoms with Crippen molar-refractivity contribution in [1.82, 2.24) is 4.90 Å². The summed E-state index contributed by atoms with van der Waals surface area (Å²) in [4.78, 5) is 2.13. The minimum Gasteiger partial charge on any atom is -0.481 e. The average Bonchev–Trinajstić information content (AvgIpc) is 2.38. The van der Waals surface area contributed by atoms with E-state index in [1.165, 1.54) is 0 Å². The Balaban J connectivity index is 1.94. The number of nitrogens with zero attached hydrogens (tertiary/aromatic N) is 1. The number of ether oxygens (including phenoxy) is 1. The molecule has 0 amide bonds. The van der Waals surface area contributed by atoms with Gasteiger partial charge in [0.05, 0.1) is 6.10 Å². The average molecular weight is 261 g/mol. The van der Waals surface area contributed by atoms with Crippen molar-refractivity contribution >= 4 is 0 Å². The summed E-state index contributed by atoms with van der Waals surface area (Å²) in [5.74, 6) is 0.774. The lowest BCUT2D eigenvalue weighted by atomic mass is 9.85. The molecule has 2 unspecified atom stereocenters. The van der Waals surface area contributed by atoms with Gasteiger partial charge in [0.15, 0.2) is 0 Å². The number of rotatable bonds is 1. The molecule has 4 nitrogen and oxygen atoms in total. The first-order valence-corrected chi connectivity index (χ1v) is 6.70. The van der Waals surface area contributed by atoms with Crippen molar-refractivity contribution in [2.24, 2.45) is 0 Å². The van der Waals surface area contributed by atoms with E-state index in [1.807, 2.05) is 25.2 Å². The molecule has 2 aliphatic rings. The van der Waals surface area contributed by atoms with Crippen LogP contribution in [0.3, 0.4) is 0 Å². The zero-order chi connectivity index (χ0) is 13.4. The number of fused-ring (bicyclic) bond motifs is 1. The van der Waals surface area contributed by atoms with E-state index in [2.05, 4.69) is 4.90 Å². The molecule has 2 N–H and O–H groups in total. The predicted molar refractivity (Wildman–Crippen MR) is 72.3 cm³/mol. The van der Waals surface area contributed by atoms with Gasteiger partial charge in [-0.1, -0.05) is 18.2 Å². The van der Waals surface area contributed by atoms with Gasteiger partial charge in [-0.2, -0.15) is 0 Å². The number of allylic oxidation sites excluding steroid dienone is 1. The Hall–Kier alpha value is -1.52. The molecule has 102 valence electrons. The van der Waals surface area contributed by atoms with Crippen LogP contribution >= 0.6 is 0 Å². The molecule has 0 radical (unpaired) electrons. The van der Waals surface area contributed by atoms with Crippen molar-refractivity contribution in [2.75, 3.05) is 20.1 Å². The van der Waals surface area contributed by atoms with Gasteiger partial charge in [0.1, 0.15) is 5.75 Å². The Labute approximate surface area is 112 Å². The van der Waals surface area contributed by atoms with E-state index in [1.54, 1.807) is 6.08 Å². The number of aliphatic hydroxyl groups excluding tert-OH is 2. The molecule has 2 heterocycles. The van der Waals surface area contributed by atoms with E-state index in [0.29, 0.717) is 13.0 Å². The first kappa shape index (κ1) is 12.5. The Morgan fingerprint density at radius 3 is 3.00 bits per heavy atom. The fraction of sp³-hybridized carbons (Fsp3) is 0.467. The Kier molecular flexibility index (Phi) is 3.21. The van der Waals surface area contributed by atoms with Gasteiger partial charge in [-0.05, 0) is 25.6 Å². The summed E-state index contributed by atoms with van der Waals surface area (Å²) in [5.41, 5.74) is 2.08. The van der Waals surface area contributed by atoms with E-state index in [4.69, 9.17) is 4.74 Å². The van der Waals surface area contributed by atoms with Crippen LogP contribution < -0.4 is 4.74 Å². The minimum atomic E-state index is -0.387. The summed E-state index contributed by atoms with van der Waals surface area (Å²) < 4.78 is 5.48. The van der Waals surface area contributed by atoms with Crippen molar-refractivity contribution in [3.63, 3.8) is 0 Å². The molecule has 0 aromatic heterocycles. The zero-order valence-electron chi connectivity index (χ0n) is 11.0. The molecule has 0 spiro atoms. The summed E-state index contributed by atoms with van der Waals surface area (Å²) in [6.45, 7) is 1.64. The quantitative estimate of drug-likeness (QED) is 0.809. The number of β-amino-alcohol motifs (C(OH)–C–C–N with tert-alkyl or cyclic N) is 1. The maximum Gasteiger partial charge on any atom is 0.278 e. The van der Waals surface area contributed by atoms with Gasteiger partial charge in [-0.3, -0.25) is 0 Å². The van der Waals surface area contributed by atoms with Crippen LogP contribution in [-0.2, 0) is 6.42 Å². The highest BCUT2D eigenvalue weighted by Crippen LogP contribution is 2.38. The van der Waals surface area contributed by atoms with Crippen LogP contribution in [0.1, 0.15) is 23.5 Å². The highest BCUT2D eigenvalue weighted by atomic mass is 16.6. The highest BCUT2D eigenvalue weighted by Gasteiger charge is 2.31. The summed E-state index contributed by atoms with van der Waals surface area (Å²) in [6.07, 6.45) is 2.86.